The zero-order valence-corrected chi connectivity index (χ0v) is 15.7. The molecule has 0 saturated heterocycles. The molecule has 0 aliphatic heterocycles. The van der Waals surface area contributed by atoms with Crippen LogP contribution in [-0.4, -0.2) is 25.0 Å². The predicted molar refractivity (Wildman–Crippen MR) is 106 cm³/mol. The third kappa shape index (κ3) is 6.25. The zero-order valence-electron chi connectivity index (χ0n) is 14.1. The van der Waals surface area contributed by atoms with E-state index in [1.807, 2.05) is 49.4 Å². The SMILES string of the molecule is CCOc1cc(/C=N/NC(=S)NC)ccc1OCc1ccc(Cl)cc1. The molecular weight excluding hydrogens is 358 g/mol. The summed E-state index contributed by atoms with van der Waals surface area (Å²) in [6, 6.07) is 13.2. The number of hydrazone groups is 1. The van der Waals surface area contributed by atoms with Crippen LogP contribution in [0.25, 0.3) is 0 Å². The Morgan fingerprint density at radius 2 is 1.92 bits per heavy atom. The van der Waals surface area contributed by atoms with Crippen molar-refractivity contribution in [1.82, 2.24) is 10.7 Å². The average Bonchev–Trinajstić information content (AvgIpc) is 2.62. The van der Waals surface area contributed by atoms with Crippen LogP contribution in [0.2, 0.25) is 5.02 Å². The van der Waals surface area contributed by atoms with Crippen LogP contribution in [0.1, 0.15) is 18.1 Å². The van der Waals surface area contributed by atoms with Crippen molar-refractivity contribution in [2.24, 2.45) is 5.10 Å². The maximum absolute atomic E-state index is 5.89. The summed E-state index contributed by atoms with van der Waals surface area (Å²) in [5.41, 5.74) is 4.60. The Labute approximate surface area is 158 Å². The first-order valence-corrected chi connectivity index (χ1v) is 8.56. The second-order valence-electron chi connectivity index (χ2n) is 5.00. The summed E-state index contributed by atoms with van der Waals surface area (Å²) in [6.07, 6.45) is 1.66. The van der Waals surface area contributed by atoms with Gasteiger partial charge in [0.1, 0.15) is 6.61 Å². The highest BCUT2D eigenvalue weighted by atomic mass is 35.5. The quantitative estimate of drug-likeness (QED) is 0.437. The van der Waals surface area contributed by atoms with Crippen molar-refractivity contribution in [3.8, 4) is 11.5 Å². The van der Waals surface area contributed by atoms with Gasteiger partial charge in [-0.3, -0.25) is 5.43 Å². The van der Waals surface area contributed by atoms with Crippen molar-refractivity contribution < 1.29 is 9.47 Å². The summed E-state index contributed by atoms with van der Waals surface area (Å²) < 4.78 is 11.5. The third-order valence-corrected chi connectivity index (χ3v) is 3.73. The molecule has 2 N–H and O–H groups in total. The van der Waals surface area contributed by atoms with Crippen LogP contribution in [-0.2, 0) is 6.61 Å². The second-order valence-corrected chi connectivity index (χ2v) is 5.85. The Balaban J connectivity index is 2.06. The highest BCUT2D eigenvalue weighted by Crippen LogP contribution is 2.29. The molecular formula is C18H20ClN3O2S. The molecule has 7 heteroatoms. The van der Waals surface area contributed by atoms with Gasteiger partial charge >= 0.3 is 0 Å². The minimum absolute atomic E-state index is 0.433. The van der Waals surface area contributed by atoms with Crippen LogP contribution in [0.5, 0.6) is 11.5 Å². The van der Waals surface area contributed by atoms with Gasteiger partial charge in [0, 0.05) is 12.1 Å². The zero-order chi connectivity index (χ0) is 18.1. The van der Waals surface area contributed by atoms with E-state index >= 15 is 0 Å². The summed E-state index contributed by atoms with van der Waals surface area (Å²) in [5, 5.41) is 7.99. The molecule has 0 saturated carbocycles. The first-order valence-electron chi connectivity index (χ1n) is 7.77. The lowest BCUT2D eigenvalue weighted by Crippen LogP contribution is -2.28. The average molecular weight is 378 g/mol. The molecule has 5 nitrogen and oxygen atoms in total. The molecule has 0 aliphatic rings. The fourth-order valence-corrected chi connectivity index (χ4v) is 2.13. The van der Waals surface area contributed by atoms with Gasteiger partial charge in [0.15, 0.2) is 16.6 Å². The van der Waals surface area contributed by atoms with Crippen molar-refractivity contribution in [1.29, 1.82) is 0 Å². The molecule has 0 heterocycles. The lowest BCUT2D eigenvalue weighted by molar-refractivity contribution is 0.269. The van der Waals surface area contributed by atoms with Gasteiger partial charge in [-0.1, -0.05) is 23.7 Å². The molecule has 132 valence electrons. The molecule has 0 atom stereocenters. The summed E-state index contributed by atoms with van der Waals surface area (Å²) in [6.45, 7) is 2.90. The summed E-state index contributed by atoms with van der Waals surface area (Å²) in [7, 11) is 1.73. The van der Waals surface area contributed by atoms with E-state index < -0.39 is 0 Å². The van der Waals surface area contributed by atoms with E-state index in [0.29, 0.717) is 34.8 Å². The number of nitrogens with one attached hydrogen (secondary N) is 2. The Morgan fingerprint density at radius 1 is 1.16 bits per heavy atom. The highest BCUT2D eigenvalue weighted by Gasteiger charge is 2.06. The Morgan fingerprint density at radius 3 is 2.60 bits per heavy atom. The minimum atomic E-state index is 0.433. The number of ether oxygens (including phenoxy) is 2. The van der Waals surface area contributed by atoms with Crippen molar-refractivity contribution in [3.63, 3.8) is 0 Å². The largest absolute Gasteiger partial charge is 0.490 e. The predicted octanol–water partition coefficient (Wildman–Crippen LogP) is 3.75. The molecule has 0 radical (unpaired) electrons. The van der Waals surface area contributed by atoms with E-state index in [4.69, 9.17) is 33.3 Å². The Hall–Kier alpha value is -2.31. The summed E-state index contributed by atoms with van der Waals surface area (Å²) in [4.78, 5) is 0. The normalized spacial score (nSPS) is 10.5. The van der Waals surface area contributed by atoms with E-state index in [0.717, 1.165) is 11.1 Å². The number of halogens is 1. The number of thiocarbonyl (C=S) groups is 1. The Kier molecular flexibility index (Phi) is 7.50. The first-order chi connectivity index (χ1) is 12.1. The van der Waals surface area contributed by atoms with Crippen LogP contribution in [0.15, 0.2) is 47.6 Å². The molecule has 0 aliphatic carbocycles. The standard InChI is InChI=1S/C18H20ClN3O2S/c1-3-23-17-10-14(11-21-22-18(25)20-2)6-9-16(17)24-12-13-4-7-15(19)8-5-13/h4-11H,3,12H2,1-2H3,(H2,20,22,25)/b21-11+. The maximum Gasteiger partial charge on any atom is 0.186 e. The summed E-state index contributed by atoms with van der Waals surface area (Å²) >= 11 is 10.9. The van der Waals surface area contributed by atoms with Gasteiger partial charge in [-0.25, -0.2) is 0 Å². The van der Waals surface area contributed by atoms with E-state index in [1.165, 1.54) is 0 Å². The molecule has 0 spiro atoms. The first kappa shape index (κ1) is 19.0. The third-order valence-electron chi connectivity index (χ3n) is 3.18. The van der Waals surface area contributed by atoms with Crippen LogP contribution in [0.3, 0.4) is 0 Å². The minimum Gasteiger partial charge on any atom is -0.490 e. The fourth-order valence-electron chi connectivity index (χ4n) is 1.96. The van der Waals surface area contributed by atoms with E-state index in [9.17, 15) is 0 Å². The van der Waals surface area contributed by atoms with E-state index in [1.54, 1.807) is 13.3 Å². The molecule has 0 unspecified atom stereocenters. The molecule has 0 fully saturated rings. The number of benzene rings is 2. The smallest absolute Gasteiger partial charge is 0.186 e. The van der Waals surface area contributed by atoms with Crippen LogP contribution in [0.4, 0.5) is 0 Å². The number of hydrogen-bond donors (Lipinski definition) is 2. The van der Waals surface area contributed by atoms with Crippen molar-refractivity contribution >= 4 is 35.1 Å². The molecule has 2 aromatic rings. The number of hydrogen-bond acceptors (Lipinski definition) is 4. The highest BCUT2D eigenvalue weighted by molar-refractivity contribution is 7.80. The molecule has 2 aromatic carbocycles. The van der Waals surface area contributed by atoms with Crippen LogP contribution in [0, 0.1) is 0 Å². The van der Waals surface area contributed by atoms with Gasteiger partial charge in [0.05, 0.1) is 12.8 Å². The lowest BCUT2D eigenvalue weighted by atomic mass is 10.2. The van der Waals surface area contributed by atoms with E-state index in [-0.39, 0.29) is 0 Å². The van der Waals surface area contributed by atoms with Crippen LogP contribution < -0.4 is 20.2 Å². The monoisotopic (exact) mass is 377 g/mol. The van der Waals surface area contributed by atoms with Gasteiger partial charge in [-0.05, 0) is 60.6 Å². The van der Waals surface area contributed by atoms with Gasteiger partial charge in [-0.15, -0.1) is 0 Å². The summed E-state index contributed by atoms with van der Waals surface area (Å²) in [5.74, 6) is 1.34. The van der Waals surface area contributed by atoms with Crippen LogP contribution >= 0.6 is 23.8 Å². The fraction of sp³-hybridized carbons (Fsp3) is 0.222. The second kappa shape index (κ2) is 9.86. The molecule has 0 amide bonds. The van der Waals surface area contributed by atoms with Crippen molar-refractivity contribution in [3.05, 3.63) is 58.6 Å². The maximum atomic E-state index is 5.89. The molecule has 0 aromatic heterocycles. The molecule has 25 heavy (non-hydrogen) atoms. The van der Waals surface area contributed by atoms with E-state index in [2.05, 4.69) is 15.8 Å². The van der Waals surface area contributed by atoms with Gasteiger partial charge in [0.25, 0.3) is 0 Å². The molecule has 2 rings (SSSR count). The lowest BCUT2D eigenvalue weighted by Gasteiger charge is -2.12. The van der Waals surface area contributed by atoms with Gasteiger partial charge < -0.3 is 14.8 Å². The molecule has 0 bridgehead atoms. The van der Waals surface area contributed by atoms with Gasteiger partial charge in [-0.2, -0.15) is 5.10 Å². The van der Waals surface area contributed by atoms with Gasteiger partial charge in [0.2, 0.25) is 0 Å². The number of nitrogens with zero attached hydrogens (tertiary/aromatic N) is 1. The topological polar surface area (TPSA) is 54.9 Å². The number of rotatable bonds is 7. The van der Waals surface area contributed by atoms with Crippen molar-refractivity contribution in [2.45, 2.75) is 13.5 Å². The Bertz CT molecular complexity index is 736. The van der Waals surface area contributed by atoms with Crippen molar-refractivity contribution in [2.75, 3.05) is 13.7 Å².